The molecule has 23 heavy (non-hydrogen) atoms. The van der Waals surface area contributed by atoms with Crippen LogP contribution in [-0.4, -0.2) is 21.2 Å². The Bertz CT molecular complexity index is 815. The molecule has 0 radical (unpaired) electrons. The molecule has 0 aliphatic heterocycles. The van der Waals surface area contributed by atoms with Crippen molar-refractivity contribution in [2.24, 2.45) is 0 Å². The highest BCUT2D eigenvalue weighted by atomic mass is 32.1. The Labute approximate surface area is 138 Å². The number of anilines is 2. The second-order valence-electron chi connectivity index (χ2n) is 5.26. The average Bonchev–Trinajstić information content (AvgIpc) is 3.09. The van der Waals surface area contributed by atoms with Crippen LogP contribution in [-0.2, 0) is 0 Å². The van der Waals surface area contributed by atoms with Gasteiger partial charge in [0.2, 0.25) is 0 Å². The SMILES string of the molecule is Cc1csc(-c2ccc(NC(=O)Nc3c(C)n[nH]c3C)cc2)n1. The van der Waals surface area contributed by atoms with Crippen molar-refractivity contribution in [3.63, 3.8) is 0 Å². The number of aromatic nitrogens is 3. The predicted molar refractivity (Wildman–Crippen MR) is 93.0 cm³/mol. The van der Waals surface area contributed by atoms with Crippen molar-refractivity contribution in [3.05, 3.63) is 46.7 Å². The highest BCUT2D eigenvalue weighted by Gasteiger charge is 2.10. The Kier molecular flexibility index (Phi) is 4.12. The lowest BCUT2D eigenvalue weighted by molar-refractivity contribution is 0.262. The number of carbonyl (C=O) groups excluding carboxylic acids is 1. The van der Waals surface area contributed by atoms with Crippen molar-refractivity contribution < 1.29 is 4.79 Å². The summed E-state index contributed by atoms with van der Waals surface area (Å²) in [6.45, 7) is 5.67. The van der Waals surface area contributed by atoms with Crippen molar-refractivity contribution in [2.45, 2.75) is 20.8 Å². The first-order valence-electron chi connectivity index (χ1n) is 7.15. The van der Waals surface area contributed by atoms with E-state index in [4.69, 9.17) is 0 Å². The Morgan fingerprint density at radius 2 is 1.87 bits per heavy atom. The fourth-order valence-electron chi connectivity index (χ4n) is 2.19. The molecule has 3 rings (SSSR count). The van der Waals surface area contributed by atoms with Gasteiger partial charge < -0.3 is 10.6 Å². The van der Waals surface area contributed by atoms with Gasteiger partial charge in [0.05, 0.1) is 17.1 Å². The van der Waals surface area contributed by atoms with E-state index in [1.807, 2.05) is 50.4 Å². The van der Waals surface area contributed by atoms with Crippen molar-refractivity contribution in [1.29, 1.82) is 0 Å². The molecule has 3 aromatic rings. The van der Waals surface area contributed by atoms with Gasteiger partial charge in [0.15, 0.2) is 0 Å². The van der Waals surface area contributed by atoms with Gasteiger partial charge in [0.25, 0.3) is 0 Å². The molecule has 0 atom stereocenters. The molecule has 0 aliphatic rings. The molecule has 3 N–H and O–H groups in total. The molecule has 6 nitrogen and oxygen atoms in total. The van der Waals surface area contributed by atoms with Gasteiger partial charge in [-0.3, -0.25) is 5.10 Å². The van der Waals surface area contributed by atoms with Gasteiger partial charge >= 0.3 is 6.03 Å². The lowest BCUT2D eigenvalue weighted by Gasteiger charge is -2.08. The maximum Gasteiger partial charge on any atom is 0.323 e. The number of hydrogen-bond acceptors (Lipinski definition) is 4. The van der Waals surface area contributed by atoms with Crippen LogP contribution in [0.15, 0.2) is 29.6 Å². The minimum Gasteiger partial charge on any atom is -0.308 e. The first-order valence-corrected chi connectivity index (χ1v) is 8.03. The molecule has 7 heteroatoms. The number of nitrogens with zero attached hydrogens (tertiary/aromatic N) is 2. The Morgan fingerprint density at radius 3 is 2.43 bits per heavy atom. The van der Waals surface area contributed by atoms with E-state index < -0.39 is 0 Å². The van der Waals surface area contributed by atoms with Crippen LogP contribution in [0.1, 0.15) is 17.1 Å². The van der Waals surface area contributed by atoms with Crippen LogP contribution >= 0.6 is 11.3 Å². The van der Waals surface area contributed by atoms with E-state index >= 15 is 0 Å². The van der Waals surface area contributed by atoms with Gasteiger partial charge in [0.1, 0.15) is 5.01 Å². The predicted octanol–water partition coefficient (Wildman–Crippen LogP) is 4.10. The lowest BCUT2D eigenvalue weighted by Crippen LogP contribution is -2.20. The zero-order valence-corrected chi connectivity index (χ0v) is 13.9. The van der Waals surface area contributed by atoms with Gasteiger partial charge in [0, 0.05) is 22.3 Å². The quantitative estimate of drug-likeness (QED) is 0.677. The van der Waals surface area contributed by atoms with Gasteiger partial charge in [-0.1, -0.05) is 0 Å². The van der Waals surface area contributed by atoms with Crippen LogP contribution in [0.3, 0.4) is 0 Å². The molecule has 0 spiro atoms. The van der Waals surface area contributed by atoms with Gasteiger partial charge in [-0.15, -0.1) is 11.3 Å². The number of H-pyrrole nitrogens is 1. The third-order valence-electron chi connectivity index (χ3n) is 3.38. The minimum absolute atomic E-state index is 0.296. The summed E-state index contributed by atoms with van der Waals surface area (Å²) in [5.41, 5.74) is 5.06. The average molecular weight is 327 g/mol. The van der Waals surface area contributed by atoms with Crippen molar-refractivity contribution in [2.75, 3.05) is 10.6 Å². The van der Waals surface area contributed by atoms with Gasteiger partial charge in [-0.25, -0.2) is 9.78 Å². The fourth-order valence-corrected chi connectivity index (χ4v) is 3.00. The zero-order chi connectivity index (χ0) is 16.4. The van der Waals surface area contributed by atoms with E-state index in [9.17, 15) is 4.79 Å². The molecule has 2 amide bonds. The number of benzene rings is 1. The van der Waals surface area contributed by atoms with Crippen molar-refractivity contribution in [1.82, 2.24) is 15.2 Å². The third kappa shape index (κ3) is 3.40. The van der Waals surface area contributed by atoms with E-state index in [-0.39, 0.29) is 6.03 Å². The van der Waals surface area contributed by atoms with Crippen molar-refractivity contribution >= 4 is 28.7 Å². The summed E-state index contributed by atoms with van der Waals surface area (Å²) in [5.74, 6) is 0. The molecule has 0 fully saturated rings. The number of carbonyl (C=O) groups is 1. The number of hydrogen-bond donors (Lipinski definition) is 3. The summed E-state index contributed by atoms with van der Waals surface area (Å²) < 4.78 is 0. The highest BCUT2D eigenvalue weighted by Crippen LogP contribution is 2.25. The van der Waals surface area contributed by atoms with Crippen LogP contribution in [0.25, 0.3) is 10.6 Å². The second-order valence-corrected chi connectivity index (χ2v) is 6.12. The molecule has 0 saturated carbocycles. The molecule has 2 aromatic heterocycles. The summed E-state index contributed by atoms with van der Waals surface area (Å²) in [5, 5.41) is 15.5. The van der Waals surface area contributed by atoms with Crippen molar-refractivity contribution in [3.8, 4) is 10.6 Å². The van der Waals surface area contributed by atoms with Crippen LogP contribution in [0.4, 0.5) is 16.2 Å². The molecule has 0 saturated heterocycles. The van der Waals surface area contributed by atoms with Crippen LogP contribution in [0.5, 0.6) is 0 Å². The van der Waals surface area contributed by atoms with Crippen LogP contribution in [0, 0.1) is 20.8 Å². The zero-order valence-electron chi connectivity index (χ0n) is 13.1. The number of aromatic amines is 1. The lowest BCUT2D eigenvalue weighted by atomic mass is 10.2. The van der Waals surface area contributed by atoms with Crippen LogP contribution < -0.4 is 10.6 Å². The molecule has 118 valence electrons. The van der Waals surface area contributed by atoms with E-state index in [1.165, 1.54) is 0 Å². The van der Waals surface area contributed by atoms with Gasteiger partial charge in [-0.2, -0.15) is 5.10 Å². The summed E-state index contributed by atoms with van der Waals surface area (Å²) in [6.07, 6.45) is 0. The molecular formula is C16H17N5OS. The topological polar surface area (TPSA) is 82.7 Å². The fraction of sp³-hybridized carbons (Fsp3) is 0.188. The molecule has 1 aromatic carbocycles. The third-order valence-corrected chi connectivity index (χ3v) is 4.38. The van der Waals surface area contributed by atoms with Crippen LogP contribution in [0.2, 0.25) is 0 Å². The summed E-state index contributed by atoms with van der Waals surface area (Å²) in [4.78, 5) is 16.5. The number of urea groups is 1. The molecule has 0 aliphatic carbocycles. The molecular weight excluding hydrogens is 310 g/mol. The maximum atomic E-state index is 12.1. The standard InChI is InChI=1S/C16H17N5OS/c1-9-8-23-15(17-9)12-4-6-13(7-5-12)18-16(22)19-14-10(2)20-21-11(14)3/h4-8H,1-3H3,(H,20,21)(H2,18,19,22). The molecule has 2 heterocycles. The number of aryl methyl sites for hydroxylation is 3. The summed E-state index contributed by atoms with van der Waals surface area (Å²) >= 11 is 1.61. The van der Waals surface area contributed by atoms with E-state index in [0.29, 0.717) is 5.69 Å². The van der Waals surface area contributed by atoms with E-state index in [0.717, 1.165) is 33.3 Å². The molecule has 0 bridgehead atoms. The Hall–Kier alpha value is -2.67. The monoisotopic (exact) mass is 327 g/mol. The second kappa shape index (κ2) is 6.21. The van der Waals surface area contributed by atoms with Gasteiger partial charge in [-0.05, 0) is 45.0 Å². The smallest absolute Gasteiger partial charge is 0.308 e. The number of nitrogens with one attached hydrogen (secondary N) is 3. The number of thiazole rings is 1. The largest absolute Gasteiger partial charge is 0.323 e. The molecule has 0 unspecified atom stereocenters. The van der Waals surface area contributed by atoms with E-state index in [1.54, 1.807) is 11.3 Å². The number of rotatable bonds is 3. The summed E-state index contributed by atoms with van der Waals surface area (Å²) in [6, 6.07) is 7.32. The Balaban J connectivity index is 1.67. The highest BCUT2D eigenvalue weighted by molar-refractivity contribution is 7.13. The minimum atomic E-state index is -0.296. The first-order chi connectivity index (χ1) is 11.0. The maximum absolute atomic E-state index is 12.1. The number of amides is 2. The van der Waals surface area contributed by atoms with E-state index in [2.05, 4.69) is 25.8 Å². The Morgan fingerprint density at radius 1 is 1.13 bits per heavy atom. The normalized spacial score (nSPS) is 10.6. The summed E-state index contributed by atoms with van der Waals surface area (Å²) in [7, 11) is 0. The first kappa shape index (κ1) is 15.2.